The van der Waals surface area contributed by atoms with Crippen LogP contribution in [0.4, 0.5) is 72.3 Å². The molecule has 0 atom stereocenters. The van der Waals surface area contributed by atoms with Gasteiger partial charge in [-0.1, -0.05) is 33.1 Å². The van der Waals surface area contributed by atoms with E-state index in [-0.39, 0.29) is 37.9 Å². The van der Waals surface area contributed by atoms with Crippen LogP contribution in [0, 0.1) is 37.9 Å². The highest BCUT2D eigenvalue weighted by atomic mass is 19.4. The van der Waals surface area contributed by atoms with Gasteiger partial charge in [0.25, 0.3) is 11.4 Å². The van der Waals surface area contributed by atoms with E-state index in [0.29, 0.717) is 35.6 Å². The highest BCUT2D eigenvalue weighted by Gasteiger charge is 2.44. The normalized spacial score (nSPS) is 23.9. The Morgan fingerprint density at radius 2 is 0.905 bits per heavy atom. The summed E-state index contributed by atoms with van der Waals surface area (Å²) in [5.41, 5.74) is 0.850. The van der Waals surface area contributed by atoms with Crippen LogP contribution in [0.25, 0.3) is 0 Å². The molecule has 4 heterocycles. The lowest BCUT2D eigenvalue weighted by molar-refractivity contribution is -0.388. The number of benzene rings is 3. The molecule has 4 saturated heterocycles. The number of nitrogens with two attached hydrogens (primary N) is 1. The Morgan fingerprint density at radius 1 is 0.587 bits per heavy atom. The number of halogens is 10. The van der Waals surface area contributed by atoms with E-state index in [2.05, 4.69) is 4.90 Å². The monoisotopic (exact) mass is 909 g/mol. The number of nitro groups is 2. The van der Waals surface area contributed by atoms with Gasteiger partial charge >= 0.3 is 18.5 Å². The molecule has 3 aromatic rings. The molecule has 20 heteroatoms. The molecule has 6 fully saturated rings. The molecular weight excluding hydrogens is 856 g/mol. The van der Waals surface area contributed by atoms with Crippen molar-refractivity contribution in [1.29, 1.82) is 0 Å². The topological polar surface area (TPSA) is 139 Å². The number of hydrogen-bond acceptors (Lipinski definition) is 8. The van der Waals surface area contributed by atoms with Gasteiger partial charge in [-0.2, -0.15) is 39.5 Å². The van der Waals surface area contributed by atoms with E-state index in [1.165, 1.54) is 30.0 Å². The average molecular weight is 910 g/mol. The second-order valence-corrected chi connectivity index (χ2v) is 16.3. The van der Waals surface area contributed by atoms with Gasteiger partial charge < -0.3 is 20.6 Å². The van der Waals surface area contributed by atoms with Crippen molar-refractivity contribution in [3.8, 4) is 0 Å². The van der Waals surface area contributed by atoms with E-state index in [1.807, 2.05) is 4.90 Å². The lowest BCUT2D eigenvalue weighted by Crippen LogP contribution is -2.28. The first-order valence-electron chi connectivity index (χ1n) is 20.5. The maximum absolute atomic E-state index is 13.0. The van der Waals surface area contributed by atoms with E-state index >= 15 is 0 Å². The Bertz CT molecular complexity index is 1970. The molecule has 63 heavy (non-hydrogen) atoms. The van der Waals surface area contributed by atoms with Gasteiger partial charge in [0.2, 0.25) is 0 Å². The summed E-state index contributed by atoms with van der Waals surface area (Å²) in [5.74, 6) is 1.18. The number of alkyl halides is 9. The van der Waals surface area contributed by atoms with Crippen LogP contribution in [0.2, 0.25) is 0 Å². The molecule has 10 nitrogen and oxygen atoms in total. The number of fused-ring (bicyclic) bond motifs is 6. The molecule has 350 valence electrons. The van der Waals surface area contributed by atoms with Gasteiger partial charge in [0.1, 0.15) is 16.9 Å². The van der Waals surface area contributed by atoms with Crippen LogP contribution in [-0.4, -0.2) is 45.7 Å². The van der Waals surface area contributed by atoms with Crippen molar-refractivity contribution < 1.29 is 58.9 Å². The van der Waals surface area contributed by atoms with Gasteiger partial charge in [-0.05, 0) is 119 Å². The Kier molecular flexibility index (Phi) is 16.7. The van der Waals surface area contributed by atoms with Gasteiger partial charge in [0.05, 0.1) is 15.4 Å². The van der Waals surface area contributed by atoms with E-state index < -0.39 is 62.3 Å². The molecular formula is C43H53F10N5O5. The smallest absolute Gasteiger partial charge is 0.398 e. The largest absolute Gasteiger partial charge is 0.423 e. The Balaban J connectivity index is 0.000000187. The van der Waals surface area contributed by atoms with Crippen molar-refractivity contribution in [1.82, 2.24) is 0 Å². The van der Waals surface area contributed by atoms with Crippen LogP contribution >= 0.6 is 0 Å². The van der Waals surface area contributed by atoms with Crippen LogP contribution in [0.15, 0.2) is 54.6 Å². The number of nitro benzene ring substituents is 2. The quantitative estimate of drug-likeness (QED) is 0.114. The predicted molar refractivity (Wildman–Crippen MR) is 219 cm³/mol. The maximum atomic E-state index is 13.0. The van der Waals surface area contributed by atoms with Crippen molar-refractivity contribution >= 4 is 28.4 Å². The summed E-state index contributed by atoms with van der Waals surface area (Å²) in [6, 6.07) is 10.2. The molecule has 0 unspecified atom stereocenters. The second kappa shape index (κ2) is 20.7. The van der Waals surface area contributed by atoms with Crippen LogP contribution in [0.5, 0.6) is 0 Å². The zero-order chi connectivity index (χ0) is 45.7. The summed E-state index contributed by atoms with van der Waals surface area (Å²) < 4.78 is 126. The number of hydrogen-bond donors (Lipinski definition) is 2. The molecule has 0 spiro atoms. The minimum atomic E-state index is -4.93. The van der Waals surface area contributed by atoms with Gasteiger partial charge in [-0.15, -0.1) is 0 Å². The van der Waals surface area contributed by atoms with Crippen LogP contribution in [0.1, 0.15) is 115 Å². The fourth-order valence-corrected chi connectivity index (χ4v) is 9.76. The number of rotatable bonds is 4. The van der Waals surface area contributed by atoms with E-state index in [0.717, 1.165) is 63.5 Å². The minimum absolute atomic E-state index is 0. The molecule has 0 amide bonds. The highest BCUT2D eigenvalue weighted by Crippen LogP contribution is 2.46. The molecule has 6 bridgehead atoms. The van der Waals surface area contributed by atoms with Crippen LogP contribution in [-0.2, 0) is 18.5 Å². The van der Waals surface area contributed by atoms with Gasteiger partial charge in [0.15, 0.2) is 0 Å². The molecule has 6 aliphatic rings. The van der Waals surface area contributed by atoms with Gasteiger partial charge in [0, 0.05) is 60.0 Å². The summed E-state index contributed by atoms with van der Waals surface area (Å²) >= 11 is 0. The summed E-state index contributed by atoms with van der Waals surface area (Å²) in [6.07, 6.45) is 2.14. The fourth-order valence-electron chi connectivity index (χ4n) is 9.76. The first kappa shape index (κ1) is 50.8. The molecule has 2 saturated carbocycles. The number of aliphatic hydroxyl groups excluding tert-OH is 1. The van der Waals surface area contributed by atoms with Crippen molar-refractivity contribution in [3.63, 3.8) is 0 Å². The lowest BCUT2D eigenvalue weighted by atomic mass is 10.0. The first-order chi connectivity index (χ1) is 29.0. The molecule has 0 aromatic heterocycles. The molecule has 2 aliphatic carbocycles. The molecule has 3 aromatic carbocycles. The Hall–Kier alpha value is -4.88. The molecule has 3 N–H and O–H groups in total. The van der Waals surface area contributed by atoms with E-state index in [9.17, 15) is 64.1 Å². The van der Waals surface area contributed by atoms with Crippen LogP contribution < -0.4 is 15.5 Å². The van der Waals surface area contributed by atoms with Crippen LogP contribution in [0.3, 0.4) is 0 Å². The Morgan fingerprint density at radius 3 is 1.22 bits per heavy atom. The lowest BCUT2D eigenvalue weighted by Gasteiger charge is -2.25. The first-order valence-corrected chi connectivity index (χ1v) is 20.5. The van der Waals surface area contributed by atoms with E-state index in [1.54, 1.807) is 45.1 Å². The number of nitrogen functional groups attached to an aromatic ring is 1. The van der Waals surface area contributed by atoms with Gasteiger partial charge in [-0.3, -0.25) is 20.2 Å². The standard InChI is InChI=1S/C13H13F3N2O2.C13H15F3N2.C7H3F4NO2.C7H12.C2H6O.CH4/c14-13(15,16)11-7-10(5-6-12(11)18(19)20)17-8-1-2-9(17)4-3-8;14-13(15,16)11-7-10(5-6-12(11)17)18-8-1-2-9(18)4-3-8;8-4-1-2-6(12(13)14)5(3-4)7(9,10)11;1-2-7-4-3-6(1)5-7;1-2-3;/h5-9H,1-4H2;5-9H,1-4,17H2;1-3H;6-7H,1-5H2;3H,2H2,1H3;1H4. The molecule has 9 rings (SSSR count). The highest BCUT2D eigenvalue weighted by molar-refractivity contribution is 5.62. The third-order valence-electron chi connectivity index (χ3n) is 12.4. The molecule has 0 radical (unpaired) electrons. The zero-order valence-corrected chi connectivity index (χ0v) is 33.8. The van der Waals surface area contributed by atoms with Crippen molar-refractivity contribution in [3.05, 3.63) is 97.3 Å². The Labute approximate surface area is 358 Å². The third kappa shape index (κ3) is 12.4. The van der Waals surface area contributed by atoms with Gasteiger partial charge in [-0.25, -0.2) is 4.39 Å². The van der Waals surface area contributed by atoms with Crippen molar-refractivity contribution in [2.45, 2.75) is 141 Å². The van der Waals surface area contributed by atoms with Crippen molar-refractivity contribution in [2.24, 2.45) is 11.8 Å². The van der Waals surface area contributed by atoms with E-state index in [4.69, 9.17) is 10.8 Å². The predicted octanol–water partition coefficient (Wildman–Crippen LogP) is 12.7. The second-order valence-electron chi connectivity index (χ2n) is 16.3. The summed E-state index contributed by atoms with van der Waals surface area (Å²) in [6.45, 7) is 1.93. The number of nitrogens with zero attached hydrogens (tertiary/aromatic N) is 4. The maximum Gasteiger partial charge on any atom is 0.423 e. The summed E-state index contributed by atoms with van der Waals surface area (Å²) in [7, 11) is 0. The SMILES string of the molecule is C.C1CC2CCC1C2.CCO.Nc1ccc(N2C3CCC2CC3)cc1C(F)(F)F.O=[N+]([O-])c1ccc(F)cc1C(F)(F)F.O=[N+]([O-])c1ccc(N2C3CCC2CC3)cc1C(F)(F)F. The minimum Gasteiger partial charge on any atom is -0.398 e. The summed E-state index contributed by atoms with van der Waals surface area (Å²) in [4.78, 5) is 22.9. The third-order valence-corrected chi connectivity index (χ3v) is 12.4. The number of anilines is 3. The fraction of sp³-hybridized carbons (Fsp3) is 0.581. The number of aliphatic hydroxyl groups is 1. The average Bonchev–Trinajstić information content (AvgIpc) is 4.08. The molecule has 4 aliphatic heterocycles. The zero-order valence-electron chi connectivity index (χ0n) is 33.8. The summed E-state index contributed by atoms with van der Waals surface area (Å²) in [5, 5.41) is 28.5. The van der Waals surface area contributed by atoms with Crippen molar-refractivity contribution in [2.75, 3.05) is 22.1 Å².